The molecule has 8 heteroatoms. The fraction of sp³-hybridized carbons (Fsp3) is 0.250. The normalized spacial score (nSPS) is 15.9. The monoisotopic (exact) mass is 434 g/mol. The van der Waals surface area contributed by atoms with Crippen LogP contribution in [0.3, 0.4) is 0 Å². The van der Waals surface area contributed by atoms with Gasteiger partial charge in [0.25, 0.3) is 5.91 Å². The molecule has 0 radical (unpaired) electrons. The molecule has 2 aromatic carbocycles. The molecule has 0 spiro atoms. The van der Waals surface area contributed by atoms with Gasteiger partial charge in [-0.25, -0.2) is 4.39 Å². The van der Waals surface area contributed by atoms with Crippen molar-refractivity contribution in [1.82, 2.24) is 14.9 Å². The Morgan fingerprint density at radius 3 is 2.69 bits per heavy atom. The molecule has 2 heterocycles. The first-order valence-corrected chi connectivity index (χ1v) is 10.4. The van der Waals surface area contributed by atoms with Crippen LogP contribution in [0, 0.1) is 5.82 Å². The molecule has 0 saturated carbocycles. The van der Waals surface area contributed by atoms with Crippen LogP contribution in [0.15, 0.2) is 60.9 Å². The van der Waals surface area contributed by atoms with E-state index in [1.54, 1.807) is 35.5 Å². The number of ether oxygens (including phenoxy) is 1. The number of carbonyl (C=O) groups excluding carboxylic acids is 2. The Kier molecular flexibility index (Phi) is 6.39. The minimum Gasteiger partial charge on any atom is -0.484 e. The molecule has 32 heavy (non-hydrogen) atoms. The van der Waals surface area contributed by atoms with E-state index in [0.29, 0.717) is 30.1 Å². The summed E-state index contributed by atoms with van der Waals surface area (Å²) < 4.78 is 18.5. The minimum absolute atomic E-state index is 0.000504. The van der Waals surface area contributed by atoms with Gasteiger partial charge in [0.2, 0.25) is 5.91 Å². The molecule has 2 N–H and O–H groups in total. The average molecular weight is 434 g/mol. The zero-order chi connectivity index (χ0) is 22.5. The molecule has 1 atom stereocenters. The van der Waals surface area contributed by atoms with Crippen LogP contribution in [0.25, 0.3) is 11.3 Å². The molecule has 0 unspecified atom stereocenters. The van der Waals surface area contributed by atoms with E-state index in [0.717, 1.165) is 24.1 Å². The molecule has 1 fully saturated rings. The van der Waals surface area contributed by atoms with Gasteiger partial charge in [0, 0.05) is 42.5 Å². The van der Waals surface area contributed by atoms with Crippen molar-refractivity contribution >= 4 is 11.8 Å². The summed E-state index contributed by atoms with van der Waals surface area (Å²) in [6, 6.07) is 12.6. The van der Waals surface area contributed by atoms with Gasteiger partial charge in [-0.15, -0.1) is 0 Å². The number of carbonyl (C=O) groups is 2. The van der Waals surface area contributed by atoms with Crippen molar-refractivity contribution in [3.05, 3.63) is 78.0 Å². The summed E-state index contributed by atoms with van der Waals surface area (Å²) in [6.45, 7) is 1.01. The van der Waals surface area contributed by atoms with E-state index >= 15 is 0 Å². The van der Waals surface area contributed by atoms with Crippen LogP contribution < -0.4 is 10.5 Å². The maximum Gasteiger partial charge on any atom is 0.260 e. The van der Waals surface area contributed by atoms with Gasteiger partial charge < -0.3 is 15.4 Å². The Bertz CT molecular complexity index is 1120. The Labute approximate surface area is 185 Å². The second-order valence-electron chi connectivity index (χ2n) is 7.66. The Morgan fingerprint density at radius 1 is 1.12 bits per heavy atom. The van der Waals surface area contributed by atoms with E-state index in [-0.39, 0.29) is 24.2 Å². The lowest BCUT2D eigenvalue weighted by Gasteiger charge is -2.33. The van der Waals surface area contributed by atoms with Crippen LogP contribution in [0.1, 0.15) is 34.8 Å². The standard InChI is InChI=1S/C24H23FN4O3/c25-19-6-8-20(9-7-19)32-15-21(30)29-12-2-5-18(14-29)23-22(27-10-11-28-23)16-3-1-4-17(13-16)24(26)31/h1,3-4,6-11,13,18H,2,5,12,14-15H2,(H2,26,31)/t18-/m1/s1. The summed E-state index contributed by atoms with van der Waals surface area (Å²) in [7, 11) is 0. The number of hydrogen-bond acceptors (Lipinski definition) is 5. The fourth-order valence-corrected chi connectivity index (χ4v) is 3.88. The highest BCUT2D eigenvalue weighted by Crippen LogP contribution is 2.32. The van der Waals surface area contributed by atoms with Gasteiger partial charge >= 0.3 is 0 Å². The van der Waals surface area contributed by atoms with E-state index < -0.39 is 5.91 Å². The lowest BCUT2D eigenvalue weighted by molar-refractivity contribution is -0.134. The zero-order valence-corrected chi connectivity index (χ0v) is 17.4. The van der Waals surface area contributed by atoms with Crippen LogP contribution in [-0.2, 0) is 4.79 Å². The van der Waals surface area contributed by atoms with E-state index in [1.165, 1.54) is 24.3 Å². The summed E-state index contributed by atoms with van der Waals surface area (Å²) in [5.74, 6) is -0.560. The Morgan fingerprint density at radius 2 is 1.91 bits per heavy atom. The zero-order valence-electron chi connectivity index (χ0n) is 17.4. The first kappa shape index (κ1) is 21.4. The minimum atomic E-state index is -0.507. The molecular formula is C24H23FN4O3. The van der Waals surface area contributed by atoms with Crippen molar-refractivity contribution in [1.29, 1.82) is 0 Å². The third-order valence-electron chi connectivity index (χ3n) is 5.48. The summed E-state index contributed by atoms with van der Waals surface area (Å²) in [5, 5.41) is 0. The maximum atomic E-state index is 13.0. The molecule has 0 aliphatic carbocycles. The predicted octanol–water partition coefficient (Wildman–Crippen LogP) is 3.17. The average Bonchev–Trinajstić information content (AvgIpc) is 2.83. The molecule has 1 aromatic heterocycles. The lowest BCUT2D eigenvalue weighted by atomic mass is 9.91. The van der Waals surface area contributed by atoms with Crippen molar-refractivity contribution < 1.29 is 18.7 Å². The van der Waals surface area contributed by atoms with Gasteiger partial charge in [-0.1, -0.05) is 12.1 Å². The molecule has 0 bridgehead atoms. The molecule has 1 aliphatic heterocycles. The van der Waals surface area contributed by atoms with E-state index in [1.807, 2.05) is 6.07 Å². The topological polar surface area (TPSA) is 98.4 Å². The molecule has 7 nitrogen and oxygen atoms in total. The highest BCUT2D eigenvalue weighted by atomic mass is 19.1. The second-order valence-corrected chi connectivity index (χ2v) is 7.66. The van der Waals surface area contributed by atoms with Crippen molar-refractivity contribution in [2.24, 2.45) is 5.73 Å². The van der Waals surface area contributed by atoms with Crippen molar-refractivity contribution in [2.45, 2.75) is 18.8 Å². The first-order valence-electron chi connectivity index (χ1n) is 10.4. The van der Waals surface area contributed by atoms with E-state index in [2.05, 4.69) is 9.97 Å². The quantitative estimate of drug-likeness (QED) is 0.643. The highest BCUT2D eigenvalue weighted by Gasteiger charge is 2.28. The van der Waals surface area contributed by atoms with Crippen LogP contribution in [0.4, 0.5) is 4.39 Å². The summed E-state index contributed by atoms with van der Waals surface area (Å²) in [5.41, 5.74) is 8.04. The number of halogens is 1. The molecule has 4 rings (SSSR count). The third-order valence-corrected chi connectivity index (χ3v) is 5.48. The highest BCUT2D eigenvalue weighted by molar-refractivity contribution is 5.94. The SMILES string of the molecule is NC(=O)c1cccc(-c2nccnc2[C@@H]2CCCN(C(=O)COc3ccc(F)cc3)C2)c1. The third kappa shape index (κ3) is 4.91. The fourth-order valence-electron chi connectivity index (χ4n) is 3.88. The molecule has 1 aliphatic rings. The van der Waals surface area contributed by atoms with Crippen LogP contribution >= 0.6 is 0 Å². The summed E-state index contributed by atoms with van der Waals surface area (Å²) in [6.07, 6.45) is 4.93. The number of aromatic nitrogens is 2. The molecule has 3 aromatic rings. The van der Waals surface area contributed by atoms with Gasteiger partial charge in [0.1, 0.15) is 11.6 Å². The Balaban J connectivity index is 1.49. The van der Waals surface area contributed by atoms with Gasteiger partial charge in [-0.3, -0.25) is 19.6 Å². The number of benzene rings is 2. The number of rotatable bonds is 6. The number of amides is 2. The van der Waals surface area contributed by atoms with Gasteiger partial charge in [0.15, 0.2) is 6.61 Å². The van der Waals surface area contributed by atoms with Gasteiger partial charge in [0.05, 0.1) is 11.4 Å². The van der Waals surface area contributed by atoms with Crippen molar-refractivity contribution in [3.63, 3.8) is 0 Å². The smallest absolute Gasteiger partial charge is 0.260 e. The number of likely N-dealkylation sites (tertiary alicyclic amines) is 1. The second kappa shape index (κ2) is 9.55. The molecule has 1 saturated heterocycles. The largest absolute Gasteiger partial charge is 0.484 e. The molecular weight excluding hydrogens is 411 g/mol. The van der Waals surface area contributed by atoms with Crippen LogP contribution in [-0.4, -0.2) is 46.4 Å². The molecule has 164 valence electrons. The lowest BCUT2D eigenvalue weighted by Crippen LogP contribution is -2.41. The summed E-state index contributed by atoms with van der Waals surface area (Å²) >= 11 is 0. The van der Waals surface area contributed by atoms with Crippen LogP contribution in [0.5, 0.6) is 5.75 Å². The number of nitrogens with two attached hydrogens (primary N) is 1. The predicted molar refractivity (Wildman–Crippen MR) is 116 cm³/mol. The number of piperidine rings is 1. The summed E-state index contributed by atoms with van der Waals surface area (Å²) in [4.78, 5) is 35.1. The van der Waals surface area contributed by atoms with Crippen LogP contribution in [0.2, 0.25) is 0 Å². The number of nitrogens with zero attached hydrogens (tertiary/aromatic N) is 3. The van der Waals surface area contributed by atoms with Gasteiger partial charge in [-0.05, 0) is 49.2 Å². The molecule has 2 amide bonds. The maximum absolute atomic E-state index is 13.0. The first-order chi connectivity index (χ1) is 15.5. The van der Waals surface area contributed by atoms with Gasteiger partial charge in [-0.2, -0.15) is 0 Å². The number of hydrogen-bond donors (Lipinski definition) is 1. The Hall–Kier alpha value is -3.81. The van der Waals surface area contributed by atoms with E-state index in [9.17, 15) is 14.0 Å². The number of primary amides is 1. The van der Waals surface area contributed by atoms with E-state index in [4.69, 9.17) is 10.5 Å². The van der Waals surface area contributed by atoms with Crippen molar-refractivity contribution in [2.75, 3.05) is 19.7 Å². The van der Waals surface area contributed by atoms with Crippen molar-refractivity contribution in [3.8, 4) is 17.0 Å².